The quantitative estimate of drug-likeness (QED) is 0.291. The van der Waals surface area contributed by atoms with Gasteiger partial charge in [-0.3, -0.25) is 9.58 Å². The number of alkyl halides is 2. The summed E-state index contributed by atoms with van der Waals surface area (Å²) in [6.45, 7) is 0.873. The molecule has 1 aliphatic heterocycles. The van der Waals surface area contributed by atoms with Crippen LogP contribution in [-0.4, -0.2) is 54.7 Å². The molecule has 0 unspecified atom stereocenters. The van der Waals surface area contributed by atoms with Gasteiger partial charge in [0.1, 0.15) is 5.65 Å². The van der Waals surface area contributed by atoms with Crippen LogP contribution in [0.25, 0.3) is 22.2 Å². The summed E-state index contributed by atoms with van der Waals surface area (Å²) in [5, 5.41) is 15.6. The average Bonchev–Trinajstić information content (AvgIpc) is 3.60. The topological polar surface area (TPSA) is 113 Å². The monoisotopic (exact) mass is 522 g/mol. The molecule has 5 heterocycles. The smallest absolute Gasteiger partial charge is 0.338 e. The van der Waals surface area contributed by atoms with E-state index in [1.807, 2.05) is 47.8 Å². The number of nitrogens with two attached hydrogens (primary N) is 1. The van der Waals surface area contributed by atoms with E-state index in [-0.39, 0.29) is 18.7 Å². The van der Waals surface area contributed by atoms with Crippen molar-refractivity contribution in [1.29, 1.82) is 0 Å². The van der Waals surface area contributed by atoms with Crippen LogP contribution in [0.3, 0.4) is 0 Å². The number of halogens is 2. The van der Waals surface area contributed by atoms with Crippen molar-refractivity contribution in [2.75, 3.05) is 18.8 Å². The molecule has 1 fully saturated rings. The van der Waals surface area contributed by atoms with E-state index in [1.165, 1.54) is 12.4 Å². The van der Waals surface area contributed by atoms with E-state index in [0.29, 0.717) is 18.8 Å². The number of fused-ring (bicyclic) bond motifs is 1. The number of likely N-dealkylation sites (tertiary alicyclic amines) is 1. The molecular weight excluding hydrogens is 498 g/mol. The van der Waals surface area contributed by atoms with E-state index in [9.17, 15) is 13.6 Å². The van der Waals surface area contributed by atoms with Crippen molar-refractivity contribution < 1.29 is 18.7 Å². The third kappa shape index (κ3) is 5.84. The number of benzene rings is 1. The number of carboxylic acids is 1. The molecule has 6 rings (SSSR count). The number of nitrogens with one attached hydrogen (secondary N) is 1. The maximum Gasteiger partial charge on any atom is 0.338 e. The SMILES string of the molecule is Nc1c[nH]c2ncc(-c3csc(CN4CC(F)(F)C4)c3)cc12.O=C(O)c1cnn(Cc2ccccc2)c1. The number of carboxylic acid groups (broad SMARTS) is 1. The predicted molar refractivity (Wildman–Crippen MR) is 139 cm³/mol. The zero-order chi connectivity index (χ0) is 26.0. The molecule has 0 spiro atoms. The number of aromatic nitrogens is 4. The van der Waals surface area contributed by atoms with Crippen LogP contribution in [-0.2, 0) is 13.1 Å². The van der Waals surface area contributed by atoms with Gasteiger partial charge in [0, 0.05) is 41.0 Å². The summed E-state index contributed by atoms with van der Waals surface area (Å²) in [7, 11) is 0. The number of H-pyrrole nitrogens is 1. The number of thiophene rings is 1. The molecule has 0 aliphatic carbocycles. The highest BCUT2D eigenvalue weighted by atomic mass is 32.1. The molecule has 0 saturated carbocycles. The van der Waals surface area contributed by atoms with Gasteiger partial charge in [0.2, 0.25) is 0 Å². The molecule has 1 aliphatic rings. The summed E-state index contributed by atoms with van der Waals surface area (Å²) < 4.78 is 27.3. The number of nitrogens with zero attached hydrogens (tertiary/aromatic N) is 4. The van der Waals surface area contributed by atoms with Gasteiger partial charge in [-0.05, 0) is 28.6 Å². The van der Waals surface area contributed by atoms with Crippen molar-refractivity contribution in [3.05, 3.63) is 88.6 Å². The van der Waals surface area contributed by atoms with Crippen molar-refractivity contribution in [2.24, 2.45) is 0 Å². The Balaban J connectivity index is 0.000000164. The van der Waals surface area contributed by atoms with Gasteiger partial charge < -0.3 is 15.8 Å². The first-order valence-electron chi connectivity index (χ1n) is 11.5. The molecule has 190 valence electrons. The number of aromatic amines is 1. The zero-order valence-corrected chi connectivity index (χ0v) is 20.5. The van der Waals surface area contributed by atoms with Crippen molar-refractivity contribution in [3.8, 4) is 11.1 Å². The van der Waals surface area contributed by atoms with Crippen molar-refractivity contribution in [3.63, 3.8) is 0 Å². The van der Waals surface area contributed by atoms with Crippen molar-refractivity contribution >= 4 is 34.0 Å². The van der Waals surface area contributed by atoms with Crippen LogP contribution in [0, 0.1) is 0 Å². The van der Waals surface area contributed by atoms with E-state index in [1.54, 1.807) is 33.3 Å². The zero-order valence-electron chi connectivity index (χ0n) is 19.6. The second kappa shape index (κ2) is 10.1. The Hall–Kier alpha value is -4.09. The summed E-state index contributed by atoms with van der Waals surface area (Å²) in [6, 6.07) is 13.8. The van der Waals surface area contributed by atoms with Crippen LogP contribution in [0.4, 0.5) is 14.5 Å². The lowest BCUT2D eigenvalue weighted by Crippen LogP contribution is -2.55. The second-order valence-corrected chi connectivity index (χ2v) is 9.88. The first kappa shape index (κ1) is 24.6. The highest BCUT2D eigenvalue weighted by molar-refractivity contribution is 7.10. The number of anilines is 1. The fraction of sp³-hybridized carbons (Fsp3) is 0.192. The van der Waals surface area contributed by atoms with Gasteiger partial charge in [0.05, 0.1) is 37.1 Å². The summed E-state index contributed by atoms with van der Waals surface area (Å²) in [4.78, 5) is 20.8. The highest BCUT2D eigenvalue weighted by Crippen LogP contribution is 2.32. The Kier molecular flexibility index (Phi) is 6.72. The maximum atomic E-state index is 12.9. The summed E-state index contributed by atoms with van der Waals surface area (Å²) >= 11 is 1.58. The molecule has 37 heavy (non-hydrogen) atoms. The van der Waals surface area contributed by atoms with Gasteiger partial charge in [0.25, 0.3) is 5.92 Å². The molecule has 4 aromatic heterocycles. The Morgan fingerprint density at radius 3 is 2.62 bits per heavy atom. The Labute approximate surface area is 215 Å². The van der Waals surface area contributed by atoms with E-state index < -0.39 is 11.9 Å². The number of hydrogen-bond donors (Lipinski definition) is 3. The lowest BCUT2D eigenvalue weighted by Gasteiger charge is -2.38. The average molecular weight is 523 g/mol. The van der Waals surface area contributed by atoms with E-state index >= 15 is 0 Å². The molecule has 4 N–H and O–H groups in total. The van der Waals surface area contributed by atoms with Gasteiger partial charge >= 0.3 is 5.97 Å². The summed E-state index contributed by atoms with van der Waals surface area (Å²) in [5.74, 6) is -3.46. The van der Waals surface area contributed by atoms with Crippen molar-refractivity contribution in [2.45, 2.75) is 19.0 Å². The largest absolute Gasteiger partial charge is 0.478 e. The van der Waals surface area contributed by atoms with Crippen LogP contribution >= 0.6 is 11.3 Å². The Morgan fingerprint density at radius 1 is 1.14 bits per heavy atom. The molecule has 1 saturated heterocycles. The molecule has 5 aromatic rings. The van der Waals surface area contributed by atoms with Gasteiger partial charge in [-0.2, -0.15) is 5.10 Å². The minimum absolute atomic E-state index is 0.145. The third-order valence-corrected chi connectivity index (χ3v) is 6.83. The van der Waals surface area contributed by atoms with E-state index in [0.717, 1.165) is 32.6 Å². The maximum absolute atomic E-state index is 12.9. The standard InChI is InChI=1S/C15H14F2N4S.C11H10N2O2/c16-15(17)7-21(8-15)5-11-1-10(6-22-11)9-2-12-13(18)4-20-14(12)19-3-9;14-11(15)10-6-12-13(8-10)7-9-4-2-1-3-5-9/h1-4,6H,5,7-8,18H2,(H,19,20);1-6,8H,7H2,(H,14,15). The Bertz CT molecular complexity index is 1520. The molecular formula is C26H24F2N6O2S. The molecule has 0 bridgehead atoms. The number of hydrogen-bond acceptors (Lipinski definition) is 6. The molecule has 11 heteroatoms. The minimum Gasteiger partial charge on any atom is -0.478 e. The Morgan fingerprint density at radius 2 is 1.92 bits per heavy atom. The number of aromatic carboxylic acids is 1. The van der Waals surface area contributed by atoms with Gasteiger partial charge in [-0.25, -0.2) is 18.6 Å². The molecule has 1 aromatic carbocycles. The lowest BCUT2D eigenvalue weighted by atomic mass is 10.1. The number of nitrogen functional groups attached to an aromatic ring is 1. The van der Waals surface area contributed by atoms with Crippen LogP contribution < -0.4 is 5.73 Å². The number of pyridine rings is 1. The second-order valence-electron chi connectivity index (χ2n) is 8.88. The predicted octanol–water partition coefficient (Wildman–Crippen LogP) is 4.95. The van der Waals surface area contributed by atoms with Gasteiger partial charge in [0.15, 0.2) is 0 Å². The summed E-state index contributed by atoms with van der Waals surface area (Å²) in [6.07, 6.45) is 6.40. The fourth-order valence-electron chi connectivity index (χ4n) is 4.07. The number of rotatable bonds is 6. The molecule has 0 amide bonds. The van der Waals surface area contributed by atoms with Crippen LogP contribution in [0.5, 0.6) is 0 Å². The van der Waals surface area contributed by atoms with Gasteiger partial charge in [-0.15, -0.1) is 11.3 Å². The minimum atomic E-state index is -2.51. The van der Waals surface area contributed by atoms with Crippen LogP contribution in [0.15, 0.2) is 72.6 Å². The number of carbonyl (C=O) groups is 1. The van der Waals surface area contributed by atoms with E-state index in [2.05, 4.69) is 15.1 Å². The van der Waals surface area contributed by atoms with Crippen LogP contribution in [0.1, 0.15) is 20.8 Å². The van der Waals surface area contributed by atoms with Crippen LogP contribution in [0.2, 0.25) is 0 Å². The van der Waals surface area contributed by atoms with E-state index in [4.69, 9.17) is 10.8 Å². The molecule has 8 nitrogen and oxygen atoms in total. The highest BCUT2D eigenvalue weighted by Gasteiger charge is 2.43. The fourth-order valence-corrected chi connectivity index (χ4v) is 5.00. The first-order chi connectivity index (χ1) is 17.8. The molecule has 0 radical (unpaired) electrons. The third-order valence-electron chi connectivity index (χ3n) is 5.91. The van der Waals surface area contributed by atoms with Crippen molar-refractivity contribution in [1.82, 2.24) is 24.6 Å². The van der Waals surface area contributed by atoms with Gasteiger partial charge in [-0.1, -0.05) is 30.3 Å². The molecule has 0 atom stereocenters. The first-order valence-corrected chi connectivity index (χ1v) is 12.3. The normalized spacial score (nSPS) is 14.6. The lowest BCUT2D eigenvalue weighted by molar-refractivity contribution is -0.133. The summed E-state index contributed by atoms with van der Waals surface area (Å²) in [5.41, 5.74) is 10.7.